The second kappa shape index (κ2) is 4.67. The van der Waals surface area contributed by atoms with Crippen LogP contribution in [0, 0.1) is 6.92 Å². The minimum atomic E-state index is 0.208. The van der Waals surface area contributed by atoms with Crippen molar-refractivity contribution in [2.75, 3.05) is 0 Å². The van der Waals surface area contributed by atoms with Gasteiger partial charge < -0.3 is 10.5 Å². The maximum absolute atomic E-state index is 6.03. The predicted octanol–water partition coefficient (Wildman–Crippen LogP) is 2.64. The molecule has 0 bridgehead atoms. The highest BCUT2D eigenvalue weighted by Gasteiger charge is 2.23. The van der Waals surface area contributed by atoms with Crippen molar-refractivity contribution in [3.8, 4) is 5.75 Å². The molecule has 0 unspecified atom stereocenters. The van der Waals surface area contributed by atoms with E-state index in [4.69, 9.17) is 10.5 Å². The van der Waals surface area contributed by atoms with Crippen molar-refractivity contribution >= 4 is 0 Å². The van der Waals surface area contributed by atoms with Crippen LogP contribution in [0.4, 0.5) is 0 Å². The lowest BCUT2D eigenvalue weighted by Crippen LogP contribution is -2.41. The van der Waals surface area contributed by atoms with Crippen molar-refractivity contribution in [2.45, 2.75) is 44.8 Å². The molecular formula is C13H19NO. The van der Waals surface area contributed by atoms with Crippen LogP contribution in [0.25, 0.3) is 0 Å². The first-order valence-corrected chi connectivity index (χ1v) is 5.74. The van der Waals surface area contributed by atoms with Gasteiger partial charge in [0.2, 0.25) is 0 Å². The average Bonchev–Trinajstić information content (AvgIpc) is 2.25. The molecule has 0 heterocycles. The van der Waals surface area contributed by atoms with E-state index in [0.29, 0.717) is 0 Å². The smallest absolute Gasteiger partial charge is 0.119 e. The number of hydrogen-bond acceptors (Lipinski definition) is 2. The summed E-state index contributed by atoms with van der Waals surface area (Å²) in [6, 6.07) is 8.40. The lowest BCUT2D eigenvalue weighted by Gasteiger charge is -2.29. The van der Waals surface area contributed by atoms with Crippen molar-refractivity contribution in [3.63, 3.8) is 0 Å². The number of nitrogens with two attached hydrogens (primary N) is 1. The maximum Gasteiger partial charge on any atom is 0.119 e. The lowest BCUT2D eigenvalue weighted by atomic mass is 9.93. The number of aryl methyl sites for hydroxylation is 1. The minimum Gasteiger partial charge on any atom is -0.489 e. The number of rotatable bonds is 2. The molecule has 1 saturated carbocycles. The molecule has 1 fully saturated rings. The van der Waals surface area contributed by atoms with E-state index < -0.39 is 0 Å². The summed E-state index contributed by atoms with van der Waals surface area (Å²) in [5, 5.41) is 0. The van der Waals surface area contributed by atoms with E-state index in [1.54, 1.807) is 0 Å². The number of hydrogen-bond donors (Lipinski definition) is 1. The molecule has 1 aliphatic rings. The monoisotopic (exact) mass is 205 g/mol. The Morgan fingerprint density at radius 2 is 1.80 bits per heavy atom. The largest absolute Gasteiger partial charge is 0.489 e. The van der Waals surface area contributed by atoms with E-state index >= 15 is 0 Å². The van der Waals surface area contributed by atoms with Gasteiger partial charge in [-0.2, -0.15) is 0 Å². The van der Waals surface area contributed by atoms with Crippen molar-refractivity contribution in [2.24, 2.45) is 5.73 Å². The Bertz CT molecular complexity index is 307. The van der Waals surface area contributed by atoms with Crippen LogP contribution in [0.15, 0.2) is 24.3 Å². The van der Waals surface area contributed by atoms with Gasteiger partial charge in [0.15, 0.2) is 0 Å². The van der Waals surface area contributed by atoms with Gasteiger partial charge in [-0.25, -0.2) is 0 Å². The molecule has 2 heteroatoms. The molecule has 1 aromatic carbocycles. The summed E-state index contributed by atoms with van der Waals surface area (Å²) in [6.07, 6.45) is 4.88. The van der Waals surface area contributed by atoms with Crippen molar-refractivity contribution < 1.29 is 4.74 Å². The van der Waals surface area contributed by atoms with Gasteiger partial charge >= 0.3 is 0 Å². The second-order valence-corrected chi connectivity index (χ2v) is 4.42. The molecule has 2 rings (SSSR count). The molecule has 0 aliphatic heterocycles. The Hall–Kier alpha value is -1.02. The van der Waals surface area contributed by atoms with Crippen LogP contribution in [-0.2, 0) is 0 Å². The molecule has 15 heavy (non-hydrogen) atoms. The van der Waals surface area contributed by atoms with E-state index in [-0.39, 0.29) is 12.1 Å². The molecule has 0 radical (unpaired) electrons. The van der Waals surface area contributed by atoms with E-state index in [2.05, 4.69) is 19.1 Å². The van der Waals surface area contributed by atoms with Crippen LogP contribution < -0.4 is 10.5 Å². The molecule has 1 aromatic rings. The summed E-state index contributed by atoms with van der Waals surface area (Å²) in [5.74, 6) is 0.947. The van der Waals surface area contributed by atoms with Crippen molar-refractivity contribution in [1.82, 2.24) is 0 Å². The van der Waals surface area contributed by atoms with Gasteiger partial charge in [-0.15, -0.1) is 0 Å². The molecule has 1 aliphatic carbocycles. The molecule has 82 valence electrons. The molecule has 2 nitrogen and oxygen atoms in total. The highest BCUT2D eigenvalue weighted by Crippen LogP contribution is 2.22. The fourth-order valence-electron chi connectivity index (χ4n) is 2.06. The van der Waals surface area contributed by atoms with Gasteiger partial charge in [-0.05, 0) is 38.3 Å². The fourth-order valence-corrected chi connectivity index (χ4v) is 2.06. The standard InChI is InChI=1S/C13H19NO/c1-10-6-8-11(9-7-10)15-13-5-3-2-4-12(13)14/h6-9,12-13H,2-5,14H2,1H3/t12-,13-/m1/s1. The van der Waals surface area contributed by atoms with Gasteiger partial charge in [0, 0.05) is 6.04 Å². The van der Waals surface area contributed by atoms with Crippen LogP contribution in [0.1, 0.15) is 31.2 Å². The SMILES string of the molecule is Cc1ccc(O[C@@H]2CCCC[C@H]2N)cc1. The first kappa shape index (κ1) is 10.5. The summed E-state index contributed by atoms with van der Waals surface area (Å²) in [7, 11) is 0. The van der Waals surface area contributed by atoms with Crippen LogP contribution in [-0.4, -0.2) is 12.1 Å². The quantitative estimate of drug-likeness (QED) is 0.805. The topological polar surface area (TPSA) is 35.2 Å². The van der Waals surface area contributed by atoms with Crippen LogP contribution in [0.3, 0.4) is 0 Å². The predicted molar refractivity (Wildman–Crippen MR) is 62.0 cm³/mol. The first-order chi connectivity index (χ1) is 7.25. The van der Waals surface area contributed by atoms with Gasteiger partial charge in [-0.3, -0.25) is 0 Å². The van der Waals surface area contributed by atoms with E-state index in [0.717, 1.165) is 18.6 Å². The molecule has 2 atom stereocenters. The second-order valence-electron chi connectivity index (χ2n) is 4.42. The summed E-state index contributed by atoms with van der Waals surface area (Å²) in [5.41, 5.74) is 7.29. The van der Waals surface area contributed by atoms with Crippen LogP contribution in [0.5, 0.6) is 5.75 Å². The Morgan fingerprint density at radius 3 is 2.47 bits per heavy atom. The molecule has 0 amide bonds. The van der Waals surface area contributed by atoms with E-state index in [1.165, 1.54) is 18.4 Å². The molecule has 2 N–H and O–H groups in total. The van der Waals surface area contributed by atoms with E-state index in [9.17, 15) is 0 Å². The summed E-state index contributed by atoms with van der Waals surface area (Å²) >= 11 is 0. The van der Waals surface area contributed by atoms with Crippen molar-refractivity contribution in [1.29, 1.82) is 0 Å². The molecule has 0 saturated heterocycles. The Morgan fingerprint density at radius 1 is 1.13 bits per heavy atom. The van der Waals surface area contributed by atoms with Gasteiger partial charge in [0.05, 0.1) is 0 Å². The highest BCUT2D eigenvalue weighted by molar-refractivity contribution is 5.26. The zero-order chi connectivity index (χ0) is 10.7. The zero-order valence-electron chi connectivity index (χ0n) is 9.28. The van der Waals surface area contributed by atoms with Crippen LogP contribution in [0.2, 0.25) is 0 Å². The summed E-state index contributed by atoms with van der Waals surface area (Å²) < 4.78 is 5.90. The third kappa shape index (κ3) is 2.72. The average molecular weight is 205 g/mol. The minimum absolute atomic E-state index is 0.208. The Labute approximate surface area is 91.4 Å². The van der Waals surface area contributed by atoms with Gasteiger partial charge in [-0.1, -0.05) is 24.1 Å². The fraction of sp³-hybridized carbons (Fsp3) is 0.538. The van der Waals surface area contributed by atoms with Crippen molar-refractivity contribution in [3.05, 3.63) is 29.8 Å². The van der Waals surface area contributed by atoms with Gasteiger partial charge in [0.1, 0.15) is 11.9 Å². The third-order valence-corrected chi connectivity index (χ3v) is 3.06. The third-order valence-electron chi connectivity index (χ3n) is 3.06. The molecular weight excluding hydrogens is 186 g/mol. The first-order valence-electron chi connectivity index (χ1n) is 5.74. The Balaban J connectivity index is 1.98. The molecule has 0 spiro atoms. The van der Waals surface area contributed by atoms with E-state index in [1.807, 2.05) is 12.1 Å². The van der Waals surface area contributed by atoms with Gasteiger partial charge in [0.25, 0.3) is 0 Å². The normalized spacial score (nSPS) is 26.3. The number of benzene rings is 1. The highest BCUT2D eigenvalue weighted by atomic mass is 16.5. The Kier molecular flexibility index (Phi) is 3.27. The number of ether oxygens (including phenoxy) is 1. The maximum atomic E-state index is 6.03. The zero-order valence-corrected chi connectivity index (χ0v) is 9.28. The summed E-state index contributed by atoms with van der Waals surface area (Å²) in [6.45, 7) is 2.08. The van der Waals surface area contributed by atoms with Crippen LogP contribution >= 0.6 is 0 Å². The molecule has 0 aromatic heterocycles. The lowest BCUT2D eigenvalue weighted by molar-refractivity contribution is 0.132. The summed E-state index contributed by atoms with van der Waals surface area (Å²) in [4.78, 5) is 0.